The molecule has 24 heavy (non-hydrogen) atoms. The van der Waals surface area contributed by atoms with Gasteiger partial charge >= 0.3 is 8.56 Å². The van der Waals surface area contributed by atoms with Crippen molar-refractivity contribution < 1.29 is 8.23 Å². The lowest BCUT2D eigenvalue weighted by molar-refractivity contribution is 0.374. The lowest BCUT2D eigenvalue weighted by Gasteiger charge is -2.40. The van der Waals surface area contributed by atoms with Gasteiger partial charge in [0.2, 0.25) is 0 Å². The summed E-state index contributed by atoms with van der Waals surface area (Å²) in [6, 6.07) is 3.65. The van der Waals surface area contributed by atoms with E-state index in [2.05, 4.69) is 58.7 Å². The molecule has 0 bridgehead atoms. The van der Waals surface area contributed by atoms with Crippen LogP contribution in [-0.4, -0.2) is 57.3 Å². The number of rotatable bonds is 14. The van der Waals surface area contributed by atoms with Crippen LogP contribution in [0.15, 0.2) is 0 Å². The lowest BCUT2D eigenvalue weighted by atomic mass is 10.4. The predicted molar refractivity (Wildman–Crippen MR) is 115 cm³/mol. The molecule has 0 aromatic carbocycles. The first-order chi connectivity index (χ1) is 11.0. The number of nitrogens with zero attached hydrogens (tertiary/aromatic N) is 1. The topological polar surface area (TPSA) is 47.7 Å². The van der Waals surface area contributed by atoms with Crippen LogP contribution in [0.2, 0.25) is 50.9 Å². The van der Waals surface area contributed by atoms with E-state index in [1.807, 2.05) is 0 Å². The van der Waals surface area contributed by atoms with Gasteiger partial charge in [0.05, 0.1) is 0 Å². The summed E-state index contributed by atoms with van der Waals surface area (Å²) < 4.78 is 13.5. The fraction of sp³-hybridized carbons (Fsp3) is 1.00. The maximum absolute atomic E-state index is 6.87. The van der Waals surface area contributed by atoms with Crippen molar-refractivity contribution in [1.82, 2.24) is 4.90 Å². The van der Waals surface area contributed by atoms with Crippen LogP contribution in [0.25, 0.3) is 0 Å². The van der Waals surface area contributed by atoms with Crippen LogP contribution in [0, 0.1) is 0 Å². The van der Waals surface area contributed by atoms with Gasteiger partial charge in [-0.15, -0.1) is 0 Å². The van der Waals surface area contributed by atoms with Crippen molar-refractivity contribution in [2.45, 2.75) is 83.5 Å². The average molecular weight is 393 g/mol. The molecule has 7 heteroatoms. The molecule has 0 radical (unpaired) electrons. The maximum Gasteiger partial charge on any atom is 0.311 e. The Hall–Kier alpha value is 0.491. The molecule has 0 fully saturated rings. The van der Waals surface area contributed by atoms with E-state index in [-0.39, 0.29) is 0 Å². The van der Waals surface area contributed by atoms with Crippen molar-refractivity contribution in [1.29, 1.82) is 0 Å². The van der Waals surface area contributed by atoms with Gasteiger partial charge in [-0.25, -0.2) is 0 Å². The molecule has 0 aliphatic carbocycles. The number of hydrogen-bond donors (Lipinski definition) is 1. The van der Waals surface area contributed by atoms with Gasteiger partial charge in [0.25, 0.3) is 0 Å². The highest BCUT2D eigenvalue weighted by molar-refractivity contribution is 6.88. The molecule has 2 N–H and O–H groups in total. The molecule has 0 aromatic rings. The first-order valence-corrected chi connectivity index (χ1v) is 18.5. The van der Waals surface area contributed by atoms with Crippen LogP contribution in [0.5, 0.6) is 0 Å². The maximum atomic E-state index is 6.87. The number of hydrogen-bond acceptors (Lipinski definition) is 4. The SMILES string of the molecule is CCCC[Si](C)(CCCN(C)C)O[Si](C)(C)O[Si](C)(C)CCCN. The van der Waals surface area contributed by atoms with Crippen LogP contribution in [0.4, 0.5) is 0 Å². The Morgan fingerprint density at radius 2 is 1.42 bits per heavy atom. The summed E-state index contributed by atoms with van der Waals surface area (Å²) >= 11 is 0. The van der Waals surface area contributed by atoms with Gasteiger partial charge in [0.1, 0.15) is 0 Å². The molecule has 1 unspecified atom stereocenters. The second-order valence-corrected chi connectivity index (χ2v) is 21.1. The zero-order chi connectivity index (χ0) is 18.9. The summed E-state index contributed by atoms with van der Waals surface area (Å²) in [5.74, 6) is 0. The Morgan fingerprint density at radius 1 is 0.833 bits per heavy atom. The van der Waals surface area contributed by atoms with Gasteiger partial charge in [-0.05, 0) is 90.9 Å². The van der Waals surface area contributed by atoms with Gasteiger partial charge in [0.15, 0.2) is 16.6 Å². The first kappa shape index (κ1) is 24.5. The van der Waals surface area contributed by atoms with Crippen LogP contribution in [0.3, 0.4) is 0 Å². The molecule has 0 spiro atoms. The molecule has 0 amide bonds. The molecule has 0 rings (SSSR count). The minimum absolute atomic E-state index is 0.760. The molecule has 0 aliphatic rings. The molecule has 0 aromatic heterocycles. The van der Waals surface area contributed by atoms with E-state index in [4.69, 9.17) is 14.0 Å². The Balaban J connectivity index is 4.82. The first-order valence-electron chi connectivity index (χ1n) is 9.70. The Labute approximate surface area is 155 Å². The smallest absolute Gasteiger partial charge is 0.311 e. The fourth-order valence-electron chi connectivity index (χ4n) is 3.41. The summed E-state index contributed by atoms with van der Waals surface area (Å²) in [4.78, 5) is 2.27. The van der Waals surface area contributed by atoms with Gasteiger partial charge in [-0.2, -0.15) is 0 Å². The van der Waals surface area contributed by atoms with Crippen molar-refractivity contribution in [2.24, 2.45) is 5.73 Å². The van der Waals surface area contributed by atoms with E-state index < -0.39 is 25.2 Å². The van der Waals surface area contributed by atoms with Gasteiger partial charge < -0.3 is 18.9 Å². The van der Waals surface area contributed by atoms with Crippen LogP contribution in [0.1, 0.15) is 32.6 Å². The molecular weight excluding hydrogens is 348 g/mol. The zero-order valence-electron chi connectivity index (χ0n) is 17.7. The third-order valence-corrected chi connectivity index (χ3v) is 16.9. The molecule has 1 atom stereocenters. The molecule has 146 valence electrons. The highest BCUT2D eigenvalue weighted by atomic mass is 28.5. The third kappa shape index (κ3) is 11.9. The van der Waals surface area contributed by atoms with Crippen molar-refractivity contribution >= 4 is 25.2 Å². The predicted octanol–water partition coefficient (Wildman–Crippen LogP) is 4.60. The largest absolute Gasteiger partial charge is 0.437 e. The zero-order valence-corrected chi connectivity index (χ0v) is 20.7. The number of nitrogens with two attached hydrogens (primary N) is 1. The summed E-state index contributed by atoms with van der Waals surface area (Å²) in [5.41, 5.74) is 5.68. The Morgan fingerprint density at radius 3 is 1.92 bits per heavy atom. The van der Waals surface area contributed by atoms with Gasteiger partial charge in [-0.3, -0.25) is 0 Å². The minimum atomic E-state index is -2.08. The standard InChI is InChI=1S/C17H44N2O2Si3/c1-9-10-16-24(8,17-12-14-19(2)3)21-23(6,7)20-22(4,5)15-11-13-18/h9-18H2,1-8H3. The molecule has 0 saturated heterocycles. The second-order valence-electron chi connectivity index (χ2n) is 8.72. The van der Waals surface area contributed by atoms with E-state index in [1.54, 1.807) is 0 Å². The summed E-state index contributed by atoms with van der Waals surface area (Å²) in [5, 5.41) is 0. The van der Waals surface area contributed by atoms with Crippen molar-refractivity contribution in [3.8, 4) is 0 Å². The monoisotopic (exact) mass is 392 g/mol. The fourth-order valence-corrected chi connectivity index (χ4v) is 18.6. The molecule has 4 nitrogen and oxygen atoms in total. The second kappa shape index (κ2) is 11.3. The van der Waals surface area contributed by atoms with E-state index in [0.717, 1.165) is 25.6 Å². The van der Waals surface area contributed by atoms with Crippen LogP contribution < -0.4 is 5.73 Å². The van der Waals surface area contributed by atoms with E-state index >= 15 is 0 Å². The Bertz CT molecular complexity index is 342. The van der Waals surface area contributed by atoms with Gasteiger partial charge in [-0.1, -0.05) is 19.8 Å². The van der Waals surface area contributed by atoms with Crippen molar-refractivity contribution in [2.75, 3.05) is 27.2 Å². The number of unbranched alkanes of at least 4 members (excludes halogenated alkanes) is 1. The summed E-state index contributed by atoms with van der Waals surface area (Å²) in [6.07, 6.45) is 4.83. The van der Waals surface area contributed by atoms with E-state index in [0.29, 0.717) is 0 Å². The van der Waals surface area contributed by atoms with Crippen LogP contribution in [-0.2, 0) is 8.23 Å². The molecule has 0 heterocycles. The van der Waals surface area contributed by atoms with E-state index in [1.165, 1.54) is 31.4 Å². The molecule has 0 aliphatic heterocycles. The van der Waals surface area contributed by atoms with Crippen molar-refractivity contribution in [3.05, 3.63) is 0 Å². The molecular formula is C17H44N2O2Si3. The quantitative estimate of drug-likeness (QED) is 0.439. The molecule has 0 saturated carbocycles. The lowest BCUT2D eigenvalue weighted by Crippen LogP contribution is -2.53. The normalized spacial score (nSPS) is 15.8. The highest BCUT2D eigenvalue weighted by Gasteiger charge is 2.40. The average Bonchev–Trinajstić information content (AvgIpc) is 2.40. The Kier molecular flexibility index (Phi) is 11.5. The highest BCUT2D eigenvalue weighted by Crippen LogP contribution is 2.29. The minimum Gasteiger partial charge on any atom is -0.437 e. The van der Waals surface area contributed by atoms with Crippen LogP contribution >= 0.6 is 0 Å². The summed E-state index contributed by atoms with van der Waals surface area (Å²) in [7, 11) is -1.14. The summed E-state index contributed by atoms with van der Waals surface area (Å²) in [6.45, 7) is 15.8. The van der Waals surface area contributed by atoms with E-state index in [9.17, 15) is 0 Å². The third-order valence-electron chi connectivity index (χ3n) is 4.37. The van der Waals surface area contributed by atoms with Crippen molar-refractivity contribution in [3.63, 3.8) is 0 Å². The van der Waals surface area contributed by atoms with Gasteiger partial charge in [0, 0.05) is 0 Å².